The Morgan fingerprint density at radius 1 is 1.05 bits per heavy atom. The van der Waals surface area contributed by atoms with Crippen LogP contribution in [0.4, 0.5) is 0 Å². The molecule has 0 aromatic heterocycles. The fourth-order valence-electron chi connectivity index (χ4n) is 3.28. The molecule has 1 heterocycles. The van der Waals surface area contributed by atoms with Crippen LogP contribution >= 0.6 is 0 Å². The first-order valence-electron chi connectivity index (χ1n) is 8.24. The van der Waals surface area contributed by atoms with Gasteiger partial charge in [-0.05, 0) is 56.5 Å². The van der Waals surface area contributed by atoms with E-state index in [1.54, 1.807) is 0 Å². The van der Waals surface area contributed by atoms with Crippen LogP contribution in [0.2, 0.25) is 0 Å². The van der Waals surface area contributed by atoms with Gasteiger partial charge in [-0.2, -0.15) is 0 Å². The van der Waals surface area contributed by atoms with Gasteiger partial charge in [0.05, 0.1) is 0 Å². The van der Waals surface area contributed by atoms with Crippen LogP contribution in [0.5, 0.6) is 5.75 Å². The van der Waals surface area contributed by atoms with Gasteiger partial charge in [-0.1, -0.05) is 47.9 Å². The summed E-state index contributed by atoms with van der Waals surface area (Å²) < 4.78 is 6.01. The van der Waals surface area contributed by atoms with Crippen molar-refractivity contribution in [1.82, 2.24) is 5.32 Å². The smallest absolute Gasteiger partial charge is 0.120 e. The van der Waals surface area contributed by atoms with E-state index in [4.69, 9.17) is 4.74 Å². The second kappa shape index (κ2) is 6.97. The van der Waals surface area contributed by atoms with Gasteiger partial charge in [0, 0.05) is 6.04 Å². The molecule has 3 rings (SSSR count). The molecule has 1 unspecified atom stereocenters. The first-order valence-corrected chi connectivity index (χ1v) is 8.24. The molecular weight excluding hydrogens is 270 g/mol. The predicted octanol–water partition coefficient (Wildman–Crippen LogP) is 4.70. The minimum Gasteiger partial charge on any atom is -0.489 e. The average Bonchev–Trinajstić information content (AvgIpc) is 2.53. The first-order chi connectivity index (χ1) is 10.7. The third kappa shape index (κ3) is 3.89. The summed E-state index contributed by atoms with van der Waals surface area (Å²) in [6, 6.07) is 15.6. The molecule has 2 heteroatoms. The number of ether oxygens (including phenoxy) is 1. The zero-order valence-corrected chi connectivity index (χ0v) is 13.6. The van der Waals surface area contributed by atoms with Gasteiger partial charge in [0.2, 0.25) is 0 Å². The molecule has 1 saturated heterocycles. The van der Waals surface area contributed by atoms with Crippen LogP contribution in [0.1, 0.15) is 47.6 Å². The fourth-order valence-corrected chi connectivity index (χ4v) is 3.28. The van der Waals surface area contributed by atoms with Gasteiger partial charge in [-0.25, -0.2) is 0 Å². The van der Waals surface area contributed by atoms with E-state index in [9.17, 15) is 0 Å². The molecule has 2 nitrogen and oxygen atoms in total. The quantitative estimate of drug-likeness (QED) is 0.883. The first kappa shape index (κ1) is 15.1. The molecule has 22 heavy (non-hydrogen) atoms. The van der Waals surface area contributed by atoms with Crippen LogP contribution in [0.15, 0.2) is 42.5 Å². The topological polar surface area (TPSA) is 21.3 Å². The van der Waals surface area contributed by atoms with E-state index < -0.39 is 0 Å². The highest BCUT2D eigenvalue weighted by Gasteiger charge is 2.14. The van der Waals surface area contributed by atoms with E-state index in [1.165, 1.54) is 41.5 Å². The third-order valence-electron chi connectivity index (χ3n) is 4.26. The molecule has 116 valence electrons. The molecule has 1 fully saturated rings. The van der Waals surface area contributed by atoms with Gasteiger partial charge >= 0.3 is 0 Å². The van der Waals surface area contributed by atoms with E-state index in [-0.39, 0.29) is 0 Å². The maximum atomic E-state index is 6.01. The minimum atomic E-state index is 0.485. The molecule has 0 radical (unpaired) electrons. The number of benzene rings is 2. The second-order valence-electron chi connectivity index (χ2n) is 6.36. The summed E-state index contributed by atoms with van der Waals surface area (Å²) in [4.78, 5) is 0. The number of piperidine rings is 1. The van der Waals surface area contributed by atoms with Crippen molar-refractivity contribution < 1.29 is 4.74 Å². The molecule has 0 saturated carbocycles. The Morgan fingerprint density at radius 2 is 1.86 bits per heavy atom. The van der Waals surface area contributed by atoms with Gasteiger partial charge < -0.3 is 10.1 Å². The van der Waals surface area contributed by atoms with Crippen LogP contribution in [0, 0.1) is 13.8 Å². The van der Waals surface area contributed by atoms with Crippen molar-refractivity contribution in [2.75, 3.05) is 6.54 Å². The number of aryl methyl sites for hydroxylation is 2. The monoisotopic (exact) mass is 295 g/mol. The zero-order chi connectivity index (χ0) is 15.4. The minimum absolute atomic E-state index is 0.485. The van der Waals surface area contributed by atoms with Crippen molar-refractivity contribution in [3.05, 3.63) is 64.7 Å². The zero-order valence-electron chi connectivity index (χ0n) is 13.6. The molecule has 1 aliphatic heterocycles. The van der Waals surface area contributed by atoms with E-state index in [0.717, 1.165) is 12.3 Å². The standard InChI is InChI=1S/C20H25NO/c1-15-10-16(2)12-17(11-15)14-22-19-7-5-6-18(13-19)20-8-3-4-9-21-20/h5-7,10-13,20-21H,3-4,8-9,14H2,1-2H3. The number of nitrogens with one attached hydrogen (secondary N) is 1. The van der Waals surface area contributed by atoms with E-state index in [0.29, 0.717) is 12.6 Å². The van der Waals surface area contributed by atoms with E-state index in [2.05, 4.69) is 61.6 Å². The number of hydrogen-bond acceptors (Lipinski definition) is 2. The van der Waals surface area contributed by atoms with Gasteiger partial charge in [0.25, 0.3) is 0 Å². The van der Waals surface area contributed by atoms with Gasteiger partial charge in [-0.3, -0.25) is 0 Å². The van der Waals surface area contributed by atoms with E-state index in [1.807, 2.05) is 0 Å². The largest absolute Gasteiger partial charge is 0.489 e. The third-order valence-corrected chi connectivity index (χ3v) is 4.26. The lowest BCUT2D eigenvalue weighted by atomic mass is 9.97. The summed E-state index contributed by atoms with van der Waals surface area (Å²) in [5, 5.41) is 3.60. The van der Waals surface area contributed by atoms with Crippen molar-refractivity contribution in [2.24, 2.45) is 0 Å². The maximum absolute atomic E-state index is 6.01. The Morgan fingerprint density at radius 3 is 2.59 bits per heavy atom. The molecular formula is C20H25NO. The van der Waals surface area contributed by atoms with Crippen molar-refractivity contribution in [1.29, 1.82) is 0 Å². The summed E-state index contributed by atoms with van der Waals surface area (Å²) in [6.45, 7) is 6.01. The molecule has 1 N–H and O–H groups in total. The number of hydrogen-bond donors (Lipinski definition) is 1. The SMILES string of the molecule is Cc1cc(C)cc(COc2cccc(C3CCCCN3)c2)c1. The molecule has 0 spiro atoms. The lowest BCUT2D eigenvalue weighted by Gasteiger charge is -2.24. The lowest BCUT2D eigenvalue weighted by Crippen LogP contribution is -2.26. The van der Waals surface area contributed by atoms with Crippen molar-refractivity contribution >= 4 is 0 Å². The summed E-state index contributed by atoms with van der Waals surface area (Å²) in [5.41, 5.74) is 5.16. The average molecular weight is 295 g/mol. The molecule has 1 aliphatic rings. The molecule has 2 aromatic rings. The summed E-state index contributed by atoms with van der Waals surface area (Å²) in [5.74, 6) is 0.962. The number of rotatable bonds is 4. The van der Waals surface area contributed by atoms with Crippen LogP contribution < -0.4 is 10.1 Å². The fraction of sp³-hybridized carbons (Fsp3) is 0.400. The Kier molecular flexibility index (Phi) is 4.79. The lowest BCUT2D eigenvalue weighted by molar-refractivity contribution is 0.305. The Balaban J connectivity index is 1.67. The highest BCUT2D eigenvalue weighted by atomic mass is 16.5. The van der Waals surface area contributed by atoms with Crippen molar-refractivity contribution in [3.8, 4) is 5.75 Å². The van der Waals surface area contributed by atoms with Gasteiger partial charge in [0.15, 0.2) is 0 Å². The van der Waals surface area contributed by atoms with E-state index >= 15 is 0 Å². The van der Waals surface area contributed by atoms with Crippen molar-refractivity contribution in [3.63, 3.8) is 0 Å². The maximum Gasteiger partial charge on any atom is 0.120 e. The molecule has 1 atom stereocenters. The summed E-state index contributed by atoms with van der Waals surface area (Å²) in [6.07, 6.45) is 3.82. The highest BCUT2D eigenvalue weighted by molar-refractivity contribution is 5.32. The molecule has 2 aromatic carbocycles. The Labute approximate surface area is 133 Å². The summed E-state index contributed by atoms with van der Waals surface area (Å²) in [7, 11) is 0. The molecule has 0 aliphatic carbocycles. The molecule has 0 bridgehead atoms. The van der Waals surface area contributed by atoms with Crippen LogP contribution in [-0.2, 0) is 6.61 Å². The second-order valence-corrected chi connectivity index (χ2v) is 6.36. The normalized spacial score (nSPS) is 18.2. The van der Waals surface area contributed by atoms with Crippen LogP contribution in [0.25, 0.3) is 0 Å². The predicted molar refractivity (Wildman–Crippen MR) is 91.3 cm³/mol. The Hall–Kier alpha value is -1.80. The highest BCUT2D eigenvalue weighted by Crippen LogP contribution is 2.26. The van der Waals surface area contributed by atoms with Crippen LogP contribution in [0.3, 0.4) is 0 Å². The van der Waals surface area contributed by atoms with Gasteiger partial charge in [0.1, 0.15) is 12.4 Å². The van der Waals surface area contributed by atoms with Gasteiger partial charge in [-0.15, -0.1) is 0 Å². The van der Waals surface area contributed by atoms with Crippen molar-refractivity contribution in [2.45, 2.75) is 45.8 Å². The Bertz CT molecular complexity index is 609. The van der Waals surface area contributed by atoms with Crippen LogP contribution in [-0.4, -0.2) is 6.54 Å². The summed E-state index contributed by atoms with van der Waals surface area (Å²) >= 11 is 0. The molecule has 0 amide bonds.